The van der Waals surface area contributed by atoms with Gasteiger partial charge in [0, 0.05) is 23.8 Å². The Kier molecular flexibility index (Phi) is 5.38. The first kappa shape index (κ1) is 16.4. The van der Waals surface area contributed by atoms with Gasteiger partial charge in [-0.15, -0.1) is 0 Å². The van der Waals surface area contributed by atoms with Crippen LogP contribution in [0.2, 0.25) is 0 Å². The molecule has 2 atom stereocenters. The third-order valence-corrected chi connectivity index (χ3v) is 4.59. The third kappa shape index (κ3) is 6.38. The molecule has 1 aliphatic carbocycles. The van der Waals surface area contributed by atoms with Gasteiger partial charge in [0.15, 0.2) is 0 Å². The number of amides is 1. The molecule has 0 spiro atoms. The van der Waals surface area contributed by atoms with E-state index >= 15 is 0 Å². The predicted molar refractivity (Wildman–Crippen MR) is 76.5 cm³/mol. The standard InChI is InChI=1S/C13H26N2O3S/c1-13(2,7-8-19(3,17)18)15-12(16)10-5-4-6-11(14)9-10/h10-11H,4-9,14H2,1-3H3,(H,15,16). The number of hydrogen-bond donors (Lipinski definition) is 2. The Bertz CT molecular complexity index is 418. The van der Waals surface area contributed by atoms with E-state index in [4.69, 9.17) is 5.73 Å². The molecule has 19 heavy (non-hydrogen) atoms. The van der Waals surface area contributed by atoms with E-state index in [2.05, 4.69) is 5.32 Å². The van der Waals surface area contributed by atoms with Gasteiger partial charge in [-0.3, -0.25) is 4.79 Å². The van der Waals surface area contributed by atoms with Crippen molar-refractivity contribution in [3.8, 4) is 0 Å². The quantitative estimate of drug-likeness (QED) is 0.785. The molecule has 0 aliphatic heterocycles. The van der Waals surface area contributed by atoms with Crippen LogP contribution in [-0.2, 0) is 14.6 Å². The van der Waals surface area contributed by atoms with Crippen LogP contribution in [0.1, 0.15) is 46.0 Å². The lowest BCUT2D eigenvalue weighted by Gasteiger charge is -2.31. The van der Waals surface area contributed by atoms with E-state index in [1.54, 1.807) is 0 Å². The van der Waals surface area contributed by atoms with Gasteiger partial charge in [0.2, 0.25) is 5.91 Å². The minimum absolute atomic E-state index is 0.00801. The van der Waals surface area contributed by atoms with Gasteiger partial charge in [-0.1, -0.05) is 6.42 Å². The minimum Gasteiger partial charge on any atom is -0.351 e. The van der Waals surface area contributed by atoms with Gasteiger partial charge in [-0.25, -0.2) is 8.42 Å². The van der Waals surface area contributed by atoms with Gasteiger partial charge in [0.05, 0.1) is 5.75 Å². The Balaban J connectivity index is 2.50. The molecule has 1 rings (SSSR count). The number of nitrogens with one attached hydrogen (secondary N) is 1. The molecule has 0 aromatic carbocycles. The van der Waals surface area contributed by atoms with Crippen LogP contribution in [0.25, 0.3) is 0 Å². The van der Waals surface area contributed by atoms with Crippen molar-refractivity contribution in [3.63, 3.8) is 0 Å². The molecule has 0 radical (unpaired) electrons. The smallest absolute Gasteiger partial charge is 0.223 e. The monoisotopic (exact) mass is 290 g/mol. The lowest BCUT2D eigenvalue weighted by Crippen LogP contribution is -2.48. The molecule has 0 heterocycles. The fraction of sp³-hybridized carbons (Fsp3) is 0.923. The second-order valence-corrected chi connectivity index (χ2v) is 8.64. The molecule has 1 saturated carbocycles. The van der Waals surface area contributed by atoms with Gasteiger partial charge in [-0.05, 0) is 39.5 Å². The van der Waals surface area contributed by atoms with Gasteiger partial charge in [0.25, 0.3) is 0 Å². The van der Waals surface area contributed by atoms with Crippen LogP contribution in [0.5, 0.6) is 0 Å². The van der Waals surface area contributed by atoms with E-state index in [1.807, 2.05) is 13.8 Å². The summed E-state index contributed by atoms with van der Waals surface area (Å²) in [6.45, 7) is 3.72. The summed E-state index contributed by atoms with van der Waals surface area (Å²) < 4.78 is 22.4. The Hall–Kier alpha value is -0.620. The Morgan fingerprint density at radius 2 is 2.00 bits per heavy atom. The normalized spacial score (nSPS) is 25.1. The fourth-order valence-electron chi connectivity index (χ4n) is 2.40. The number of carbonyl (C=O) groups is 1. The van der Waals surface area contributed by atoms with E-state index in [1.165, 1.54) is 6.26 Å². The summed E-state index contributed by atoms with van der Waals surface area (Å²) in [6, 6.07) is 0.114. The Morgan fingerprint density at radius 3 is 2.53 bits per heavy atom. The summed E-state index contributed by atoms with van der Waals surface area (Å²) >= 11 is 0. The summed E-state index contributed by atoms with van der Waals surface area (Å²) in [7, 11) is -3.00. The maximum absolute atomic E-state index is 12.2. The van der Waals surface area contributed by atoms with Crippen molar-refractivity contribution < 1.29 is 13.2 Å². The van der Waals surface area contributed by atoms with Crippen LogP contribution in [0, 0.1) is 5.92 Å². The zero-order valence-electron chi connectivity index (χ0n) is 12.1. The van der Waals surface area contributed by atoms with Crippen molar-refractivity contribution in [2.45, 2.75) is 57.5 Å². The molecule has 0 saturated heterocycles. The van der Waals surface area contributed by atoms with E-state index < -0.39 is 15.4 Å². The number of carbonyl (C=O) groups excluding carboxylic acids is 1. The summed E-state index contributed by atoms with van der Waals surface area (Å²) in [5, 5.41) is 2.96. The number of rotatable bonds is 5. The highest BCUT2D eigenvalue weighted by Gasteiger charge is 2.29. The molecule has 1 fully saturated rings. The molecule has 1 amide bonds. The molecular weight excluding hydrogens is 264 g/mol. The van der Waals surface area contributed by atoms with Crippen molar-refractivity contribution in [2.24, 2.45) is 11.7 Å². The van der Waals surface area contributed by atoms with Crippen LogP contribution in [0.4, 0.5) is 0 Å². The molecule has 6 heteroatoms. The van der Waals surface area contributed by atoms with Crippen LogP contribution in [-0.4, -0.2) is 37.9 Å². The van der Waals surface area contributed by atoms with Crippen molar-refractivity contribution in [1.29, 1.82) is 0 Å². The molecule has 1 aliphatic rings. The summed E-state index contributed by atoms with van der Waals surface area (Å²) in [5.41, 5.74) is 5.38. The average molecular weight is 290 g/mol. The zero-order chi connectivity index (χ0) is 14.7. The van der Waals surface area contributed by atoms with Gasteiger partial charge >= 0.3 is 0 Å². The zero-order valence-corrected chi connectivity index (χ0v) is 12.9. The second-order valence-electron chi connectivity index (χ2n) is 6.38. The highest BCUT2D eigenvalue weighted by Crippen LogP contribution is 2.24. The number of nitrogens with two attached hydrogens (primary N) is 1. The molecule has 2 unspecified atom stereocenters. The van der Waals surface area contributed by atoms with Gasteiger partial charge in [-0.2, -0.15) is 0 Å². The highest BCUT2D eigenvalue weighted by atomic mass is 32.2. The second kappa shape index (κ2) is 6.22. The van der Waals surface area contributed by atoms with Crippen molar-refractivity contribution in [2.75, 3.05) is 12.0 Å². The Labute approximate surface area is 116 Å². The van der Waals surface area contributed by atoms with E-state index in [-0.39, 0.29) is 23.6 Å². The largest absolute Gasteiger partial charge is 0.351 e. The van der Waals surface area contributed by atoms with Crippen LogP contribution >= 0.6 is 0 Å². The highest BCUT2D eigenvalue weighted by molar-refractivity contribution is 7.90. The van der Waals surface area contributed by atoms with Crippen molar-refractivity contribution >= 4 is 15.7 Å². The van der Waals surface area contributed by atoms with Gasteiger partial charge < -0.3 is 11.1 Å². The summed E-state index contributed by atoms with van der Waals surface area (Å²) in [6.07, 6.45) is 5.22. The molecule has 3 N–H and O–H groups in total. The van der Waals surface area contributed by atoms with Crippen molar-refractivity contribution in [3.05, 3.63) is 0 Å². The lowest BCUT2D eigenvalue weighted by molar-refractivity contribution is -0.127. The van der Waals surface area contributed by atoms with Crippen LogP contribution in [0.15, 0.2) is 0 Å². The molecule has 5 nitrogen and oxygen atoms in total. The number of sulfone groups is 1. The van der Waals surface area contributed by atoms with E-state index in [0.29, 0.717) is 6.42 Å². The molecule has 0 bridgehead atoms. The van der Waals surface area contributed by atoms with E-state index in [0.717, 1.165) is 25.7 Å². The maximum atomic E-state index is 12.2. The Morgan fingerprint density at radius 1 is 1.37 bits per heavy atom. The first-order valence-electron chi connectivity index (χ1n) is 6.84. The third-order valence-electron chi connectivity index (χ3n) is 3.64. The van der Waals surface area contributed by atoms with Crippen LogP contribution < -0.4 is 11.1 Å². The summed E-state index contributed by atoms with van der Waals surface area (Å²) in [5.74, 6) is 0.0692. The van der Waals surface area contributed by atoms with Crippen molar-refractivity contribution in [1.82, 2.24) is 5.32 Å². The average Bonchev–Trinajstić information content (AvgIpc) is 2.25. The summed E-state index contributed by atoms with van der Waals surface area (Å²) in [4.78, 5) is 12.2. The van der Waals surface area contributed by atoms with Gasteiger partial charge in [0.1, 0.15) is 9.84 Å². The lowest BCUT2D eigenvalue weighted by atomic mass is 9.85. The first-order chi connectivity index (χ1) is 8.59. The maximum Gasteiger partial charge on any atom is 0.223 e. The topological polar surface area (TPSA) is 89.3 Å². The minimum atomic E-state index is -3.00. The number of hydrogen-bond acceptors (Lipinski definition) is 4. The molecule has 0 aromatic rings. The van der Waals surface area contributed by atoms with Crippen LogP contribution in [0.3, 0.4) is 0 Å². The molecule has 0 aromatic heterocycles. The first-order valence-corrected chi connectivity index (χ1v) is 8.90. The molecule has 112 valence electrons. The molecular formula is C13H26N2O3S. The predicted octanol–water partition coefficient (Wildman–Crippen LogP) is 0.833. The SMILES string of the molecule is CC(C)(CCS(C)(=O)=O)NC(=O)C1CCCC(N)C1. The fourth-order valence-corrected chi connectivity index (χ4v) is 3.29. The van der Waals surface area contributed by atoms with E-state index in [9.17, 15) is 13.2 Å².